The summed E-state index contributed by atoms with van der Waals surface area (Å²) in [5.74, 6) is 0. The first-order valence-electron chi connectivity index (χ1n) is 10.4. The number of nitrogens with one attached hydrogen (secondary N) is 1. The molecule has 0 unspecified atom stereocenters. The Balaban J connectivity index is 1.58. The molecule has 1 aromatic heterocycles. The summed E-state index contributed by atoms with van der Waals surface area (Å²) < 4.78 is 0. The lowest BCUT2D eigenvalue weighted by Gasteiger charge is -2.34. The highest BCUT2D eigenvalue weighted by Crippen LogP contribution is 2.30. The van der Waals surface area contributed by atoms with Crippen LogP contribution in [0.5, 0.6) is 0 Å². The van der Waals surface area contributed by atoms with E-state index in [1.54, 1.807) is 6.33 Å². The van der Waals surface area contributed by atoms with Gasteiger partial charge in [0.2, 0.25) is 0 Å². The van der Waals surface area contributed by atoms with Gasteiger partial charge in [0.15, 0.2) is 0 Å². The van der Waals surface area contributed by atoms with Crippen molar-refractivity contribution in [1.29, 1.82) is 0 Å². The fraction of sp³-hybridized carbons (Fsp3) is 0.458. The summed E-state index contributed by atoms with van der Waals surface area (Å²) in [5, 5.41) is 0. The predicted octanol–water partition coefficient (Wildman–Crippen LogP) is 6.00. The minimum Gasteiger partial charge on any atom is -0.345 e. The number of rotatable bonds is 5. The standard InChI is InChI=1S/C24H31N3/c1-4-27(21-8-6-5-7-9-21)15-20-11-10-19(12-17(20)2)22-14-24-23(13-18(22)3)25-16-26-24/h10-14,16,21H,4-9,15H2,1-3H3,(H,25,26). The Morgan fingerprint density at radius 1 is 1.04 bits per heavy atom. The molecule has 1 aliphatic rings. The van der Waals surface area contributed by atoms with E-state index in [0.29, 0.717) is 0 Å². The van der Waals surface area contributed by atoms with Gasteiger partial charge in [-0.3, -0.25) is 4.90 Å². The van der Waals surface area contributed by atoms with Crippen LogP contribution in [0.25, 0.3) is 22.2 Å². The van der Waals surface area contributed by atoms with Gasteiger partial charge in [-0.25, -0.2) is 4.98 Å². The average Bonchev–Trinajstić information content (AvgIpc) is 3.14. The van der Waals surface area contributed by atoms with E-state index in [0.717, 1.165) is 30.2 Å². The molecule has 1 heterocycles. The molecule has 3 aromatic rings. The number of imidazole rings is 1. The molecular formula is C24H31N3. The highest BCUT2D eigenvalue weighted by molar-refractivity contribution is 5.84. The van der Waals surface area contributed by atoms with E-state index >= 15 is 0 Å². The van der Waals surface area contributed by atoms with Gasteiger partial charge in [0.25, 0.3) is 0 Å². The Hall–Kier alpha value is -2.13. The minimum atomic E-state index is 0.771. The van der Waals surface area contributed by atoms with E-state index in [2.05, 4.69) is 66.0 Å². The number of hydrogen-bond acceptors (Lipinski definition) is 2. The number of aromatic amines is 1. The van der Waals surface area contributed by atoms with Gasteiger partial charge in [-0.2, -0.15) is 0 Å². The van der Waals surface area contributed by atoms with Crippen molar-refractivity contribution in [3.05, 3.63) is 53.3 Å². The molecule has 0 aliphatic heterocycles. The number of aromatic nitrogens is 2. The number of aryl methyl sites for hydroxylation is 2. The summed E-state index contributed by atoms with van der Waals surface area (Å²) in [6.07, 6.45) is 8.72. The molecule has 142 valence electrons. The third-order valence-corrected chi connectivity index (χ3v) is 6.29. The average molecular weight is 362 g/mol. The summed E-state index contributed by atoms with van der Waals surface area (Å²) in [6, 6.07) is 12.2. The second kappa shape index (κ2) is 7.85. The molecule has 1 N–H and O–H groups in total. The van der Waals surface area contributed by atoms with Crippen LogP contribution in [-0.4, -0.2) is 27.5 Å². The molecule has 4 rings (SSSR count). The van der Waals surface area contributed by atoms with Gasteiger partial charge in [0.05, 0.1) is 17.4 Å². The lowest BCUT2D eigenvalue weighted by molar-refractivity contribution is 0.155. The molecule has 0 spiro atoms. The third kappa shape index (κ3) is 3.79. The van der Waals surface area contributed by atoms with Crippen LogP contribution in [0.1, 0.15) is 55.7 Å². The first-order valence-corrected chi connectivity index (χ1v) is 10.4. The van der Waals surface area contributed by atoms with Gasteiger partial charge in [0.1, 0.15) is 0 Å². The van der Waals surface area contributed by atoms with Gasteiger partial charge in [-0.05, 0) is 73.2 Å². The fourth-order valence-corrected chi connectivity index (χ4v) is 4.61. The second-order valence-corrected chi connectivity index (χ2v) is 8.08. The van der Waals surface area contributed by atoms with Crippen LogP contribution in [0.2, 0.25) is 0 Å². The molecule has 1 saturated carbocycles. The minimum absolute atomic E-state index is 0.771. The van der Waals surface area contributed by atoms with Crippen LogP contribution in [0.3, 0.4) is 0 Å². The molecule has 3 heteroatoms. The molecule has 1 aliphatic carbocycles. The van der Waals surface area contributed by atoms with Gasteiger partial charge in [-0.15, -0.1) is 0 Å². The van der Waals surface area contributed by atoms with E-state index in [1.165, 1.54) is 59.9 Å². The van der Waals surface area contributed by atoms with Crippen LogP contribution in [0.15, 0.2) is 36.7 Å². The Morgan fingerprint density at radius 2 is 1.85 bits per heavy atom. The highest BCUT2D eigenvalue weighted by atomic mass is 15.1. The maximum atomic E-state index is 4.43. The quantitative estimate of drug-likeness (QED) is 0.604. The molecule has 1 fully saturated rings. The van der Waals surface area contributed by atoms with E-state index < -0.39 is 0 Å². The SMILES string of the molecule is CCN(Cc1ccc(-c2cc3nc[nH]c3cc2C)cc1C)C1CCCCC1. The maximum absolute atomic E-state index is 4.43. The summed E-state index contributed by atoms with van der Waals surface area (Å²) in [7, 11) is 0. The van der Waals surface area contributed by atoms with Crippen molar-refractivity contribution in [2.45, 2.75) is 65.5 Å². The Bertz CT molecular complexity index is 919. The molecule has 3 nitrogen and oxygen atoms in total. The van der Waals surface area contributed by atoms with Crippen LogP contribution >= 0.6 is 0 Å². The number of H-pyrrole nitrogens is 1. The van der Waals surface area contributed by atoms with E-state index in [4.69, 9.17) is 0 Å². The monoisotopic (exact) mass is 361 g/mol. The van der Waals surface area contributed by atoms with Crippen molar-refractivity contribution in [2.24, 2.45) is 0 Å². The van der Waals surface area contributed by atoms with E-state index in [1.807, 2.05) is 0 Å². The van der Waals surface area contributed by atoms with Crippen LogP contribution in [0.4, 0.5) is 0 Å². The zero-order valence-electron chi connectivity index (χ0n) is 16.9. The Labute approximate surface area is 162 Å². The van der Waals surface area contributed by atoms with Crippen LogP contribution in [0, 0.1) is 13.8 Å². The third-order valence-electron chi connectivity index (χ3n) is 6.29. The summed E-state index contributed by atoms with van der Waals surface area (Å²) in [6.45, 7) is 8.96. The number of fused-ring (bicyclic) bond motifs is 1. The number of nitrogens with zero attached hydrogens (tertiary/aromatic N) is 2. The van der Waals surface area contributed by atoms with Crippen molar-refractivity contribution in [3.63, 3.8) is 0 Å². The molecule has 0 bridgehead atoms. The van der Waals surface area contributed by atoms with Gasteiger partial charge in [0, 0.05) is 12.6 Å². The fourth-order valence-electron chi connectivity index (χ4n) is 4.61. The van der Waals surface area contributed by atoms with Crippen LogP contribution < -0.4 is 0 Å². The second-order valence-electron chi connectivity index (χ2n) is 8.08. The van der Waals surface area contributed by atoms with Gasteiger partial charge in [-0.1, -0.05) is 44.4 Å². The summed E-state index contributed by atoms with van der Waals surface area (Å²) in [4.78, 5) is 10.3. The normalized spacial score (nSPS) is 15.7. The van der Waals surface area contributed by atoms with Gasteiger partial charge < -0.3 is 4.98 Å². The number of hydrogen-bond donors (Lipinski definition) is 1. The maximum Gasteiger partial charge on any atom is 0.0931 e. The smallest absolute Gasteiger partial charge is 0.0931 e. The highest BCUT2D eigenvalue weighted by Gasteiger charge is 2.20. The Morgan fingerprint density at radius 3 is 2.59 bits per heavy atom. The molecule has 0 saturated heterocycles. The zero-order chi connectivity index (χ0) is 18.8. The first kappa shape index (κ1) is 18.2. The first-order chi connectivity index (χ1) is 13.2. The molecule has 2 aromatic carbocycles. The van der Waals surface area contributed by atoms with Crippen molar-refractivity contribution in [1.82, 2.24) is 14.9 Å². The topological polar surface area (TPSA) is 31.9 Å². The van der Waals surface area contributed by atoms with Crippen LogP contribution in [-0.2, 0) is 6.54 Å². The van der Waals surface area contributed by atoms with Gasteiger partial charge >= 0.3 is 0 Å². The molecule has 0 radical (unpaired) electrons. The molecular weight excluding hydrogens is 330 g/mol. The number of benzene rings is 2. The lowest BCUT2D eigenvalue weighted by atomic mass is 9.93. The largest absolute Gasteiger partial charge is 0.345 e. The predicted molar refractivity (Wildman–Crippen MR) is 114 cm³/mol. The molecule has 27 heavy (non-hydrogen) atoms. The molecule has 0 atom stereocenters. The van der Waals surface area contributed by atoms with Crippen molar-refractivity contribution < 1.29 is 0 Å². The van der Waals surface area contributed by atoms with E-state index in [9.17, 15) is 0 Å². The summed E-state index contributed by atoms with van der Waals surface area (Å²) in [5.41, 5.74) is 8.86. The van der Waals surface area contributed by atoms with E-state index in [-0.39, 0.29) is 0 Å². The van der Waals surface area contributed by atoms with Crippen molar-refractivity contribution in [3.8, 4) is 11.1 Å². The van der Waals surface area contributed by atoms with Crippen molar-refractivity contribution in [2.75, 3.05) is 6.54 Å². The molecule has 0 amide bonds. The summed E-state index contributed by atoms with van der Waals surface area (Å²) >= 11 is 0. The lowest BCUT2D eigenvalue weighted by Crippen LogP contribution is -2.36. The Kier molecular flexibility index (Phi) is 5.31. The van der Waals surface area contributed by atoms with Crippen molar-refractivity contribution >= 4 is 11.0 Å². The zero-order valence-corrected chi connectivity index (χ0v) is 16.9.